The predicted octanol–water partition coefficient (Wildman–Crippen LogP) is 2.33. The Bertz CT molecular complexity index is 939. The number of hydrogen-bond donors (Lipinski definition) is 3. The van der Waals surface area contributed by atoms with Crippen LogP contribution in [0.4, 0.5) is 0 Å². The average molecular weight is 401 g/mol. The maximum absolute atomic E-state index is 12.9. The van der Waals surface area contributed by atoms with Crippen molar-refractivity contribution in [2.75, 3.05) is 0 Å². The van der Waals surface area contributed by atoms with Gasteiger partial charge in [0.1, 0.15) is 22.7 Å². The van der Waals surface area contributed by atoms with Crippen molar-refractivity contribution >= 4 is 17.5 Å². The van der Waals surface area contributed by atoms with Crippen LogP contribution in [0.15, 0.2) is 17.0 Å². The minimum atomic E-state index is -0.259. The highest BCUT2D eigenvalue weighted by molar-refractivity contribution is 6.30. The molecule has 2 fully saturated rings. The van der Waals surface area contributed by atoms with Gasteiger partial charge >= 0.3 is 0 Å². The van der Waals surface area contributed by atoms with E-state index in [2.05, 4.69) is 26.1 Å². The van der Waals surface area contributed by atoms with Crippen LogP contribution in [0.2, 0.25) is 5.15 Å². The molecule has 1 aliphatic heterocycles. The third kappa shape index (κ3) is 3.26. The molecule has 2 aromatic rings. The Morgan fingerprint density at radius 3 is 2.89 bits per heavy atom. The molecule has 0 spiro atoms. The zero-order chi connectivity index (χ0) is 19.8. The number of carbonyl (C=O) groups excluding carboxylic acids is 1. The molecule has 4 atom stereocenters. The highest BCUT2D eigenvalue weighted by atomic mass is 35.5. The van der Waals surface area contributed by atoms with Crippen molar-refractivity contribution in [3.05, 3.63) is 45.9 Å². The van der Waals surface area contributed by atoms with Crippen LogP contribution in [-0.2, 0) is 0 Å². The summed E-state index contributed by atoms with van der Waals surface area (Å²) >= 11 is 6.10. The zero-order valence-electron chi connectivity index (χ0n) is 15.6. The fourth-order valence-corrected chi connectivity index (χ4v) is 4.48. The number of nitrogens with one attached hydrogen (secondary N) is 3. The normalized spacial score (nSPS) is 26.5. The van der Waals surface area contributed by atoms with Crippen molar-refractivity contribution in [2.24, 2.45) is 5.92 Å². The lowest BCUT2D eigenvalue weighted by Gasteiger charge is -2.33. The highest BCUT2D eigenvalue weighted by Crippen LogP contribution is 2.38. The second-order valence-electron chi connectivity index (χ2n) is 7.41. The summed E-state index contributed by atoms with van der Waals surface area (Å²) in [6.07, 6.45) is 5.76. The number of carbonyl (C=O) groups is 1. The minimum absolute atomic E-state index is 0.0248. The molecule has 1 amide bonds. The Balaban J connectivity index is 1.49. The van der Waals surface area contributed by atoms with Gasteiger partial charge in [-0.2, -0.15) is 5.26 Å². The van der Waals surface area contributed by atoms with Crippen LogP contribution in [-0.4, -0.2) is 28.0 Å². The third-order valence-corrected chi connectivity index (χ3v) is 6.15. The van der Waals surface area contributed by atoms with Gasteiger partial charge in [0.25, 0.3) is 5.91 Å². The Morgan fingerprint density at radius 1 is 1.36 bits per heavy atom. The second-order valence-corrected chi connectivity index (χ2v) is 7.77. The lowest BCUT2D eigenvalue weighted by molar-refractivity contribution is 0.0908. The van der Waals surface area contributed by atoms with Gasteiger partial charge in [-0.3, -0.25) is 10.2 Å². The lowest BCUT2D eigenvalue weighted by atomic mass is 9.78. The zero-order valence-corrected chi connectivity index (χ0v) is 16.4. The standard InChI is InChI=1S/C19H21ClN6O2/c1-9-10(2)16(24-18(20)13(9)6-21)19(27)23-11-3-4-14-12(5-11)17(26-25-14)15-7-22-8-28-15/h7-8,11-12,14,17,25-26H,3-5H2,1-2H3,(H,23,27). The molecule has 8 nitrogen and oxygen atoms in total. The Labute approximate surface area is 167 Å². The fourth-order valence-electron chi connectivity index (χ4n) is 4.21. The van der Waals surface area contributed by atoms with Gasteiger partial charge in [-0.25, -0.2) is 15.4 Å². The van der Waals surface area contributed by atoms with Crippen molar-refractivity contribution < 1.29 is 9.21 Å². The van der Waals surface area contributed by atoms with Gasteiger partial charge in [-0.1, -0.05) is 11.6 Å². The quantitative estimate of drug-likeness (QED) is 0.677. The first-order chi connectivity index (χ1) is 13.5. The molecule has 0 aromatic carbocycles. The molecule has 28 heavy (non-hydrogen) atoms. The largest absolute Gasteiger partial charge is 0.447 e. The second kappa shape index (κ2) is 7.51. The van der Waals surface area contributed by atoms with E-state index in [1.165, 1.54) is 6.39 Å². The summed E-state index contributed by atoms with van der Waals surface area (Å²) in [7, 11) is 0. The van der Waals surface area contributed by atoms with Crippen molar-refractivity contribution in [1.29, 1.82) is 5.26 Å². The Morgan fingerprint density at radius 2 is 2.18 bits per heavy atom. The number of nitriles is 1. The topological polar surface area (TPSA) is 116 Å². The first kappa shape index (κ1) is 18.9. The highest BCUT2D eigenvalue weighted by Gasteiger charge is 2.42. The van der Waals surface area contributed by atoms with E-state index in [-0.39, 0.29) is 34.8 Å². The number of hydrazine groups is 1. The number of oxazole rings is 1. The maximum atomic E-state index is 12.9. The van der Waals surface area contributed by atoms with E-state index in [4.69, 9.17) is 16.0 Å². The number of rotatable bonds is 3. The van der Waals surface area contributed by atoms with E-state index in [9.17, 15) is 10.1 Å². The number of amides is 1. The molecule has 4 rings (SSSR count). The van der Waals surface area contributed by atoms with E-state index < -0.39 is 0 Å². The molecule has 4 unspecified atom stereocenters. The Hall–Kier alpha value is -2.47. The van der Waals surface area contributed by atoms with Gasteiger partial charge < -0.3 is 9.73 Å². The van der Waals surface area contributed by atoms with E-state index in [1.54, 1.807) is 20.0 Å². The molecule has 3 heterocycles. The van der Waals surface area contributed by atoms with E-state index in [0.29, 0.717) is 22.7 Å². The van der Waals surface area contributed by atoms with Crippen LogP contribution in [0.3, 0.4) is 0 Å². The van der Waals surface area contributed by atoms with Gasteiger partial charge in [-0.05, 0) is 44.2 Å². The van der Waals surface area contributed by atoms with Crippen LogP contribution in [0.1, 0.15) is 58.2 Å². The van der Waals surface area contributed by atoms with Crippen molar-refractivity contribution in [3.63, 3.8) is 0 Å². The molecule has 146 valence electrons. The summed E-state index contributed by atoms with van der Waals surface area (Å²) in [5.74, 6) is 0.817. The molecular weight excluding hydrogens is 380 g/mol. The smallest absolute Gasteiger partial charge is 0.270 e. The van der Waals surface area contributed by atoms with Crippen LogP contribution in [0.25, 0.3) is 0 Å². The fraction of sp³-hybridized carbons (Fsp3) is 0.474. The van der Waals surface area contributed by atoms with Crippen molar-refractivity contribution in [3.8, 4) is 6.07 Å². The maximum Gasteiger partial charge on any atom is 0.270 e. The molecular formula is C19H21ClN6O2. The van der Waals surface area contributed by atoms with Gasteiger partial charge in [0.15, 0.2) is 6.39 Å². The third-order valence-electron chi connectivity index (χ3n) is 5.88. The molecule has 1 saturated carbocycles. The first-order valence-corrected chi connectivity index (χ1v) is 9.64. The van der Waals surface area contributed by atoms with E-state index in [1.807, 2.05) is 6.07 Å². The number of pyridine rings is 1. The van der Waals surface area contributed by atoms with E-state index in [0.717, 1.165) is 25.0 Å². The summed E-state index contributed by atoms with van der Waals surface area (Å²) in [5, 5.41) is 12.4. The summed E-state index contributed by atoms with van der Waals surface area (Å²) in [5.41, 5.74) is 8.57. The van der Waals surface area contributed by atoms with E-state index >= 15 is 0 Å². The molecule has 2 aromatic heterocycles. The van der Waals surface area contributed by atoms with Crippen LogP contribution in [0.5, 0.6) is 0 Å². The van der Waals surface area contributed by atoms with Crippen LogP contribution in [0, 0.1) is 31.1 Å². The number of nitrogens with zero attached hydrogens (tertiary/aromatic N) is 3. The minimum Gasteiger partial charge on any atom is -0.447 e. The Kier molecular flexibility index (Phi) is 5.06. The number of fused-ring (bicyclic) bond motifs is 1. The SMILES string of the molecule is Cc1c(C(=O)NC2CCC3NNC(c4cnco4)C3C2)nc(Cl)c(C#N)c1C. The monoisotopic (exact) mass is 400 g/mol. The molecule has 0 radical (unpaired) electrons. The van der Waals surface area contributed by atoms with Gasteiger partial charge in [0.2, 0.25) is 0 Å². The lowest BCUT2D eigenvalue weighted by Crippen LogP contribution is -2.44. The van der Waals surface area contributed by atoms with Crippen LogP contribution >= 0.6 is 11.6 Å². The van der Waals surface area contributed by atoms with Gasteiger partial charge in [0, 0.05) is 18.0 Å². The number of aromatic nitrogens is 2. The summed E-state index contributed by atoms with van der Waals surface area (Å²) in [6.45, 7) is 3.57. The summed E-state index contributed by atoms with van der Waals surface area (Å²) < 4.78 is 5.46. The number of halogens is 1. The molecule has 3 N–H and O–H groups in total. The molecule has 9 heteroatoms. The number of hydrogen-bond acceptors (Lipinski definition) is 7. The van der Waals surface area contributed by atoms with Gasteiger partial charge in [0.05, 0.1) is 17.8 Å². The first-order valence-electron chi connectivity index (χ1n) is 9.26. The molecule has 0 bridgehead atoms. The predicted molar refractivity (Wildman–Crippen MR) is 101 cm³/mol. The molecule has 2 aliphatic rings. The molecule has 1 saturated heterocycles. The summed E-state index contributed by atoms with van der Waals surface area (Å²) in [6, 6.07) is 2.42. The van der Waals surface area contributed by atoms with Crippen molar-refractivity contribution in [1.82, 2.24) is 26.1 Å². The average Bonchev–Trinajstić information content (AvgIpc) is 3.34. The van der Waals surface area contributed by atoms with Gasteiger partial charge in [-0.15, -0.1) is 0 Å². The summed E-state index contributed by atoms with van der Waals surface area (Å²) in [4.78, 5) is 21.0. The molecule has 1 aliphatic carbocycles. The van der Waals surface area contributed by atoms with Crippen LogP contribution < -0.4 is 16.2 Å². The van der Waals surface area contributed by atoms with Crippen molar-refractivity contribution in [2.45, 2.75) is 51.2 Å².